The first-order chi connectivity index (χ1) is 16.1. The Balaban J connectivity index is 1.17. The minimum Gasteiger partial charge on any atom is -0.370 e. The van der Waals surface area contributed by atoms with Gasteiger partial charge in [0.2, 0.25) is 0 Å². The van der Waals surface area contributed by atoms with Crippen molar-refractivity contribution >= 4 is 39.8 Å². The Hall–Kier alpha value is -3.24. The zero-order valence-electron chi connectivity index (χ0n) is 18.0. The molecule has 0 radical (unpaired) electrons. The predicted molar refractivity (Wildman–Crippen MR) is 128 cm³/mol. The SMILES string of the molecule is O=C(Nc1cnccc1N1CCC2(CC1)CNC2)c1csc(N2C(=O)NC3C=CC=CC32)n1. The fourth-order valence-electron chi connectivity index (χ4n) is 5.02. The number of hydrogen-bond donors (Lipinski definition) is 3. The molecule has 3 amide bonds. The van der Waals surface area contributed by atoms with Crippen molar-refractivity contribution in [2.45, 2.75) is 24.9 Å². The minimum atomic E-state index is -0.307. The number of allylic oxidation sites excluding steroid dienone is 2. The number of thiazole rings is 1. The molecule has 0 saturated carbocycles. The molecule has 2 aromatic heterocycles. The number of nitrogens with zero attached hydrogens (tertiary/aromatic N) is 4. The van der Waals surface area contributed by atoms with Crippen molar-refractivity contribution in [1.82, 2.24) is 20.6 Å². The normalized spacial score (nSPS) is 25.0. The van der Waals surface area contributed by atoms with Gasteiger partial charge in [-0.2, -0.15) is 0 Å². The third-order valence-electron chi connectivity index (χ3n) is 7.05. The van der Waals surface area contributed by atoms with Crippen LogP contribution in [0.3, 0.4) is 0 Å². The second kappa shape index (κ2) is 7.96. The van der Waals surface area contributed by atoms with Crippen molar-refractivity contribution in [3.05, 3.63) is 53.8 Å². The number of anilines is 3. The Kier molecular flexibility index (Phi) is 4.92. The molecule has 1 spiro atoms. The molecule has 3 fully saturated rings. The van der Waals surface area contributed by atoms with E-state index in [1.165, 1.54) is 11.3 Å². The lowest BCUT2D eigenvalue weighted by Gasteiger charge is -2.49. The van der Waals surface area contributed by atoms with Gasteiger partial charge in [0, 0.05) is 37.8 Å². The molecule has 2 aromatic rings. The third-order valence-corrected chi connectivity index (χ3v) is 7.89. The standard InChI is InChI=1S/C23H25N7O2S/c31-20(17-12-33-22(28-17)30-19-4-2-1-3-15(19)27-21(30)32)26-16-11-24-8-5-18(16)29-9-6-23(7-10-29)13-25-14-23/h1-5,8,11-12,15,19,25H,6-7,9-10,13-14H2,(H,26,31)(H,27,32). The summed E-state index contributed by atoms with van der Waals surface area (Å²) in [6.45, 7) is 4.14. The molecule has 6 rings (SSSR count). The van der Waals surface area contributed by atoms with Gasteiger partial charge in [-0.25, -0.2) is 9.78 Å². The van der Waals surface area contributed by atoms with Crippen molar-refractivity contribution in [3.8, 4) is 0 Å². The van der Waals surface area contributed by atoms with Gasteiger partial charge in [-0.15, -0.1) is 11.3 Å². The number of piperidine rings is 1. The van der Waals surface area contributed by atoms with Crippen LogP contribution in [-0.2, 0) is 0 Å². The molecule has 10 heteroatoms. The summed E-state index contributed by atoms with van der Waals surface area (Å²) >= 11 is 1.29. The van der Waals surface area contributed by atoms with Crippen LogP contribution in [0.1, 0.15) is 23.3 Å². The van der Waals surface area contributed by atoms with Gasteiger partial charge in [0.05, 0.1) is 29.7 Å². The first kappa shape index (κ1) is 20.4. The number of amides is 3. The zero-order chi connectivity index (χ0) is 22.4. The average molecular weight is 464 g/mol. The van der Waals surface area contributed by atoms with E-state index in [4.69, 9.17) is 0 Å². The molecule has 2 atom stereocenters. The Morgan fingerprint density at radius 1 is 1.21 bits per heavy atom. The topological polar surface area (TPSA) is 102 Å². The first-order valence-corrected chi connectivity index (χ1v) is 12.1. The molecule has 3 N–H and O–H groups in total. The Morgan fingerprint density at radius 3 is 2.82 bits per heavy atom. The van der Waals surface area contributed by atoms with E-state index in [0.29, 0.717) is 16.2 Å². The van der Waals surface area contributed by atoms with E-state index >= 15 is 0 Å². The molecule has 170 valence electrons. The highest BCUT2D eigenvalue weighted by molar-refractivity contribution is 7.14. The van der Waals surface area contributed by atoms with Crippen LogP contribution in [0.4, 0.5) is 21.3 Å². The molecular weight excluding hydrogens is 438 g/mol. The van der Waals surface area contributed by atoms with E-state index in [0.717, 1.165) is 44.7 Å². The number of pyridine rings is 1. The maximum absolute atomic E-state index is 13.0. The maximum Gasteiger partial charge on any atom is 0.324 e. The maximum atomic E-state index is 13.0. The van der Waals surface area contributed by atoms with Gasteiger partial charge in [-0.05, 0) is 24.3 Å². The lowest BCUT2D eigenvalue weighted by atomic mass is 9.73. The second-order valence-electron chi connectivity index (χ2n) is 9.06. The van der Waals surface area contributed by atoms with Gasteiger partial charge in [0.15, 0.2) is 5.13 Å². The quantitative estimate of drug-likeness (QED) is 0.644. The largest absolute Gasteiger partial charge is 0.370 e. The molecule has 0 bridgehead atoms. The second-order valence-corrected chi connectivity index (χ2v) is 9.90. The van der Waals surface area contributed by atoms with E-state index in [-0.39, 0.29) is 29.7 Å². The van der Waals surface area contributed by atoms with E-state index in [1.807, 2.05) is 30.4 Å². The van der Waals surface area contributed by atoms with Gasteiger partial charge < -0.3 is 20.9 Å². The van der Waals surface area contributed by atoms with Crippen molar-refractivity contribution < 1.29 is 9.59 Å². The lowest BCUT2D eigenvalue weighted by molar-refractivity contribution is 0.102. The molecule has 3 aliphatic heterocycles. The molecule has 9 nitrogen and oxygen atoms in total. The summed E-state index contributed by atoms with van der Waals surface area (Å²) in [5, 5.41) is 11.5. The molecule has 5 heterocycles. The van der Waals surface area contributed by atoms with Crippen molar-refractivity contribution in [2.24, 2.45) is 5.41 Å². The molecule has 3 saturated heterocycles. The van der Waals surface area contributed by atoms with Gasteiger partial charge in [0.25, 0.3) is 5.91 Å². The Labute approximate surface area is 195 Å². The lowest BCUT2D eigenvalue weighted by Crippen LogP contribution is -2.58. The monoisotopic (exact) mass is 463 g/mol. The number of fused-ring (bicyclic) bond motifs is 1. The number of aromatic nitrogens is 2. The van der Waals surface area contributed by atoms with Crippen molar-refractivity contribution in [1.29, 1.82) is 0 Å². The summed E-state index contributed by atoms with van der Waals surface area (Å²) in [7, 11) is 0. The van der Waals surface area contributed by atoms with Crippen LogP contribution in [0.5, 0.6) is 0 Å². The molecular formula is C23H25N7O2S. The third kappa shape index (κ3) is 3.59. The number of carbonyl (C=O) groups is 2. The number of rotatable bonds is 4. The Morgan fingerprint density at radius 2 is 2.03 bits per heavy atom. The summed E-state index contributed by atoms with van der Waals surface area (Å²) in [6, 6.07) is 1.53. The molecule has 2 unspecified atom stereocenters. The number of hydrogen-bond acceptors (Lipinski definition) is 7. The fraction of sp³-hybridized carbons (Fsp3) is 0.391. The summed E-state index contributed by atoms with van der Waals surface area (Å²) in [5.41, 5.74) is 2.40. The number of urea groups is 1. The highest BCUT2D eigenvalue weighted by Gasteiger charge is 2.41. The average Bonchev–Trinajstić information content (AvgIpc) is 3.42. The Bertz CT molecular complexity index is 1150. The van der Waals surface area contributed by atoms with Gasteiger partial charge in [0.1, 0.15) is 5.69 Å². The smallest absolute Gasteiger partial charge is 0.324 e. The van der Waals surface area contributed by atoms with Crippen molar-refractivity contribution in [3.63, 3.8) is 0 Å². The molecule has 4 aliphatic rings. The fourth-order valence-corrected chi connectivity index (χ4v) is 5.86. The predicted octanol–water partition coefficient (Wildman–Crippen LogP) is 2.37. The summed E-state index contributed by atoms with van der Waals surface area (Å²) in [6.07, 6.45) is 13.5. The van der Waals surface area contributed by atoms with Crippen LogP contribution >= 0.6 is 11.3 Å². The number of carbonyl (C=O) groups excluding carboxylic acids is 2. The highest BCUT2D eigenvalue weighted by Crippen LogP contribution is 2.38. The summed E-state index contributed by atoms with van der Waals surface area (Å²) < 4.78 is 0. The zero-order valence-corrected chi connectivity index (χ0v) is 18.8. The minimum absolute atomic E-state index is 0.0824. The highest BCUT2D eigenvalue weighted by atomic mass is 32.1. The summed E-state index contributed by atoms with van der Waals surface area (Å²) in [5.74, 6) is -0.307. The van der Waals surface area contributed by atoms with Crippen LogP contribution in [-0.4, -0.2) is 60.2 Å². The number of nitrogens with one attached hydrogen (secondary N) is 3. The van der Waals surface area contributed by atoms with Crippen LogP contribution < -0.4 is 25.8 Å². The van der Waals surface area contributed by atoms with Crippen molar-refractivity contribution in [2.75, 3.05) is 41.3 Å². The van der Waals surface area contributed by atoms with Crippen LogP contribution in [0.15, 0.2) is 48.1 Å². The van der Waals surface area contributed by atoms with E-state index < -0.39 is 0 Å². The van der Waals surface area contributed by atoms with E-state index in [1.54, 1.807) is 22.7 Å². The van der Waals surface area contributed by atoms with Crippen LogP contribution in [0.25, 0.3) is 0 Å². The molecule has 0 aromatic carbocycles. The van der Waals surface area contributed by atoms with E-state index in [2.05, 4.69) is 30.8 Å². The van der Waals surface area contributed by atoms with Gasteiger partial charge in [-0.1, -0.05) is 24.3 Å². The molecule has 33 heavy (non-hydrogen) atoms. The van der Waals surface area contributed by atoms with Crippen LogP contribution in [0.2, 0.25) is 0 Å². The first-order valence-electron chi connectivity index (χ1n) is 11.2. The van der Waals surface area contributed by atoms with E-state index in [9.17, 15) is 9.59 Å². The summed E-state index contributed by atoms with van der Waals surface area (Å²) in [4.78, 5) is 38.2. The van der Waals surface area contributed by atoms with Gasteiger partial charge in [-0.3, -0.25) is 14.7 Å². The molecule has 1 aliphatic carbocycles. The van der Waals surface area contributed by atoms with Gasteiger partial charge >= 0.3 is 6.03 Å². The van der Waals surface area contributed by atoms with Crippen LogP contribution in [0, 0.1) is 5.41 Å².